The molecule has 6 heteroatoms. The lowest BCUT2D eigenvalue weighted by Crippen LogP contribution is -2.32. The summed E-state index contributed by atoms with van der Waals surface area (Å²) in [7, 11) is 1.67. The summed E-state index contributed by atoms with van der Waals surface area (Å²) in [5, 5.41) is 27.1. The first kappa shape index (κ1) is 13.9. The van der Waals surface area contributed by atoms with Crippen LogP contribution in [-0.4, -0.2) is 71.4 Å². The highest BCUT2D eigenvalue weighted by Gasteiger charge is 2.29. The lowest BCUT2D eigenvalue weighted by atomic mass is 10.3. The summed E-state index contributed by atoms with van der Waals surface area (Å²) in [4.78, 5) is 15.0. The second-order valence-electron chi connectivity index (χ2n) is 4.37. The quantitative estimate of drug-likeness (QED) is 0.630. The monoisotopic (exact) mass is 241 g/mol. The van der Waals surface area contributed by atoms with Gasteiger partial charge < -0.3 is 15.1 Å². The smallest absolute Gasteiger partial charge is 0.223 e. The molecule has 0 saturated carbocycles. The highest BCUT2D eigenvalue weighted by Crippen LogP contribution is 2.10. The highest BCUT2D eigenvalue weighted by molar-refractivity contribution is 5.76. The molecule has 0 aromatic heterocycles. The fraction of sp³-hybridized carbons (Fsp3) is 0.818. The van der Waals surface area contributed by atoms with E-state index in [2.05, 4.69) is 0 Å². The average molecular weight is 241 g/mol. The first-order valence-electron chi connectivity index (χ1n) is 5.74. The van der Waals surface area contributed by atoms with Crippen molar-refractivity contribution in [2.75, 3.05) is 33.2 Å². The van der Waals surface area contributed by atoms with Gasteiger partial charge in [-0.25, -0.2) is 0 Å². The van der Waals surface area contributed by atoms with Gasteiger partial charge >= 0.3 is 0 Å². The number of aliphatic hydroxyl groups excluding tert-OH is 2. The molecule has 6 nitrogen and oxygen atoms in total. The fourth-order valence-corrected chi connectivity index (χ4v) is 1.82. The SMILES string of the molecule is CN(CCC#N)C(=O)CCN1CC(O)C(O)C1. The van der Waals surface area contributed by atoms with E-state index in [1.54, 1.807) is 7.05 Å². The van der Waals surface area contributed by atoms with Crippen molar-refractivity contribution < 1.29 is 15.0 Å². The van der Waals surface area contributed by atoms with Gasteiger partial charge in [0.05, 0.1) is 24.7 Å². The molecule has 1 amide bonds. The van der Waals surface area contributed by atoms with Gasteiger partial charge in [-0.05, 0) is 0 Å². The molecular weight excluding hydrogens is 222 g/mol. The van der Waals surface area contributed by atoms with E-state index in [-0.39, 0.29) is 5.91 Å². The number of hydrogen-bond donors (Lipinski definition) is 2. The summed E-state index contributed by atoms with van der Waals surface area (Å²) in [5.74, 6) is -0.0175. The predicted octanol–water partition coefficient (Wildman–Crippen LogP) is -1.21. The van der Waals surface area contributed by atoms with E-state index in [1.165, 1.54) is 4.90 Å². The van der Waals surface area contributed by atoms with Crippen LogP contribution in [0.4, 0.5) is 0 Å². The lowest BCUT2D eigenvalue weighted by molar-refractivity contribution is -0.130. The Balaban J connectivity index is 2.22. The number of hydrogen-bond acceptors (Lipinski definition) is 5. The van der Waals surface area contributed by atoms with Crippen LogP contribution in [0.25, 0.3) is 0 Å². The van der Waals surface area contributed by atoms with Crippen molar-refractivity contribution >= 4 is 5.91 Å². The van der Waals surface area contributed by atoms with Crippen molar-refractivity contribution in [1.82, 2.24) is 9.80 Å². The number of carbonyl (C=O) groups is 1. The molecule has 0 spiro atoms. The minimum atomic E-state index is -0.707. The van der Waals surface area contributed by atoms with Crippen LogP contribution in [0.5, 0.6) is 0 Å². The summed E-state index contributed by atoms with van der Waals surface area (Å²) in [5.41, 5.74) is 0. The van der Waals surface area contributed by atoms with E-state index < -0.39 is 12.2 Å². The third kappa shape index (κ3) is 4.30. The van der Waals surface area contributed by atoms with Crippen LogP contribution in [0.2, 0.25) is 0 Å². The molecule has 96 valence electrons. The molecule has 0 radical (unpaired) electrons. The van der Waals surface area contributed by atoms with Gasteiger partial charge in [0, 0.05) is 39.6 Å². The number of likely N-dealkylation sites (tertiary alicyclic amines) is 1. The Labute approximate surface area is 101 Å². The molecule has 0 aromatic carbocycles. The van der Waals surface area contributed by atoms with Crippen LogP contribution >= 0.6 is 0 Å². The third-order valence-electron chi connectivity index (χ3n) is 2.96. The van der Waals surface area contributed by atoms with Crippen molar-refractivity contribution in [3.05, 3.63) is 0 Å². The van der Waals surface area contributed by atoms with E-state index in [0.29, 0.717) is 39.0 Å². The van der Waals surface area contributed by atoms with Gasteiger partial charge in [-0.15, -0.1) is 0 Å². The Kier molecular flexibility index (Phi) is 5.35. The van der Waals surface area contributed by atoms with Crippen LogP contribution < -0.4 is 0 Å². The Morgan fingerprint density at radius 1 is 1.47 bits per heavy atom. The number of aliphatic hydroxyl groups is 2. The van der Waals surface area contributed by atoms with Crippen LogP contribution in [-0.2, 0) is 4.79 Å². The highest BCUT2D eigenvalue weighted by atomic mass is 16.3. The number of nitrogens with zero attached hydrogens (tertiary/aromatic N) is 3. The predicted molar refractivity (Wildman–Crippen MR) is 60.9 cm³/mol. The van der Waals surface area contributed by atoms with Crippen LogP contribution in [0.3, 0.4) is 0 Å². The summed E-state index contributed by atoms with van der Waals surface area (Å²) in [6.45, 7) is 1.80. The fourth-order valence-electron chi connectivity index (χ4n) is 1.82. The summed E-state index contributed by atoms with van der Waals surface area (Å²) in [6, 6.07) is 1.99. The number of carbonyl (C=O) groups excluding carboxylic acids is 1. The van der Waals surface area contributed by atoms with E-state index in [9.17, 15) is 15.0 Å². The maximum atomic E-state index is 11.6. The van der Waals surface area contributed by atoms with Crippen molar-refractivity contribution in [3.8, 4) is 6.07 Å². The molecule has 1 fully saturated rings. The van der Waals surface area contributed by atoms with Gasteiger partial charge in [-0.1, -0.05) is 0 Å². The van der Waals surface area contributed by atoms with E-state index in [1.807, 2.05) is 11.0 Å². The molecule has 2 N–H and O–H groups in total. The van der Waals surface area contributed by atoms with E-state index in [0.717, 1.165) is 0 Å². The summed E-state index contributed by atoms with van der Waals surface area (Å²) in [6.07, 6.45) is -0.729. The molecule has 1 aliphatic heterocycles. The molecule has 1 rings (SSSR count). The lowest BCUT2D eigenvalue weighted by Gasteiger charge is -2.18. The normalized spacial score (nSPS) is 24.6. The maximum Gasteiger partial charge on any atom is 0.223 e. The molecule has 2 atom stereocenters. The zero-order valence-electron chi connectivity index (χ0n) is 10.0. The molecule has 0 bridgehead atoms. The van der Waals surface area contributed by atoms with Crippen molar-refractivity contribution in [3.63, 3.8) is 0 Å². The average Bonchev–Trinajstić information content (AvgIpc) is 2.62. The zero-order chi connectivity index (χ0) is 12.8. The van der Waals surface area contributed by atoms with Gasteiger partial charge in [0.1, 0.15) is 0 Å². The number of β-amino-alcohol motifs (C(OH)–C–C–N with tert-alkyl or cyclic N) is 2. The van der Waals surface area contributed by atoms with E-state index in [4.69, 9.17) is 5.26 Å². The number of rotatable bonds is 5. The van der Waals surface area contributed by atoms with Crippen LogP contribution in [0.1, 0.15) is 12.8 Å². The van der Waals surface area contributed by atoms with Crippen LogP contribution in [0, 0.1) is 11.3 Å². The van der Waals surface area contributed by atoms with Crippen molar-refractivity contribution in [2.24, 2.45) is 0 Å². The molecule has 1 saturated heterocycles. The van der Waals surface area contributed by atoms with Crippen molar-refractivity contribution in [1.29, 1.82) is 5.26 Å². The first-order valence-corrected chi connectivity index (χ1v) is 5.74. The van der Waals surface area contributed by atoms with Gasteiger partial charge in [0.15, 0.2) is 0 Å². The third-order valence-corrected chi connectivity index (χ3v) is 2.96. The standard InChI is InChI=1S/C11H19N3O3/c1-13(5-2-4-12)11(17)3-6-14-7-9(15)10(16)8-14/h9-10,15-16H,2-3,5-8H2,1H3. The second kappa shape index (κ2) is 6.55. The number of nitriles is 1. The Morgan fingerprint density at radius 2 is 2.06 bits per heavy atom. The molecule has 2 unspecified atom stereocenters. The minimum Gasteiger partial charge on any atom is -0.389 e. The van der Waals surface area contributed by atoms with Crippen molar-refractivity contribution in [2.45, 2.75) is 25.0 Å². The van der Waals surface area contributed by atoms with Gasteiger partial charge in [-0.3, -0.25) is 9.69 Å². The molecule has 0 aromatic rings. The maximum absolute atomic E-state index is 11.6. The molecule has 1 heterocycles. The minimum absolute atomic E-state index is 0.0175. The number of amides is 1. The molecule has 0 aliphatic carbocycles. The van der Waals surface area contributed by atoms with Crippen LogP contribution in [0.15, 0.2) is 0 Å². The topological polar surface area (TPSA) is 87.8 Å². The summed E-state index contributed by atoms with van der Waals surface area (Å²) < 4.78 is 0. The largest absolute Gasteiger partial charge is 0.389 e. The molecule has 17 heavy (non-hydrogen) atoms. The van der Waals surface area contributed by atoms with Gasteiger partial charge in [-0.2, -0.15) is 5.26 Å². The first-order chi connectivity index (χ1) is 8.04. The summed E-state index contributed by atoms with van der Waals surface area (Å²) >= 11 is 0. The molecule has 1 aliphatic rings. The van der Waals surface area contributed by atoms with Gasteiger partial charge in [0.2, 0.25) is 5.91 Å². The Bertz CT molecular complexity index is 293. The van der Waals surface area contributed by atoms with Gasteiger partial charge in [0.25, 0.3) is 0 Å². The molecular formula is C11H19N3O3. The van der Waals surface area contributed by atoms with E-state index >= 15 is 0 Å². The Morgan fingerprint density at radius 3 is 2.59 bits per heavy atom. The second-order valence-corrected chi connectivity index (χ2v) is 4.37. The zero-order valence-corrected chi connectivity index (χ0v) is 10.0. The Hall–Kier alpha value is -1.16.